The summed E-state index contributed by atoms with van der Waals surface area (Å²) in [6.45, 7) is 4.83. The number of benzene rings is 1. The number of carbonyl (C=O) groups excluding carboxylic acids is 2. The lowest BCUT2D eigenvalue weighted by molar-refractivity contribution is -0.125. The van der Waals surface area contributed by atoms with Gasteiger partial charge in [0.1, 0.15) is 0 Å². The Hall–Kier alpha value is -1.76. The standard InChI is InChI=1S/C17H23BrN2O4/c1-3-23-14-7-11(13(18)9-15(14)24-4-2)8-16(21)19-10-17(22)20-12-5-6-12/h7,9,12H,3-6,8,10H2,1-2H3,(H,19,21)(H,20,22). The lowest BCUT2D eigenvalue weighted by Crippen LogP contribution is -2.38. The molecule has 0 spiro atoms. The van der Waals surface area contributed by atoms with Crippen LogP contribution in [0.1, 0.15) is 32.3 Å². The molecule has 2 amide bonds. The Morgan fingerprint density at radius 2 is 1.75 bits per heavy atom. The third-order valence-corrected chi connectivity index (χ3v) is 4.19. The fourth-order valence-electron chi connectivity index (χ4n) is 2.17. The highest BCUT2D eigenvalue weighted by molar-refractivity contribution is 9.10. The molecule has 6 nitrogen and oxygen atoms in total. The van der Waals surface area contributed by atoms with Crippen LogP contribution in [-0.4, -0.2) is 37.6 Å². The van der Waals surface area contributed by atoms with Crippen LogP contribution in [-0.2, 0) is 16.0 Å². The lowest BCUT2D eigenvalue weighted by atomic mass is 10.1. The third-order valence-electron chi connectivity index (χ3n) is 3.45. The molecule has 1 aromatic rings. The SMILES string of the molecule is CCOc1cc(Br)c(CC(=O)NCC(=O)NC2CC2)cc1OCC. The van der Waals surface area contributed by atoms with Gasteiger partial charge in [0, 0.05) is 10.5 Å². The topological polar surface area (TPSA) is 76.7 Å². The van der Waals surface area contributed by atoms with E-state index in [9.17, 15) is 9.59 Å². The molecular formula is C17H23BrN2O4. The second-order valence-corrected chi connectivity index (χ2v) is 6.41. The number of carbonyl (C=O) groups is 2. The van der Waals surface area contributed by atoms with E-state index in [2.05, 4.69) is 26.6 Å². The van der Waals surface area contributed by atoms with Gasteiger partial charge in [-0.1, -0.05) is 15.9 Å². The molecule has 1 aliphatic carbocycles. The number of hydrogen-bond donors (Lipinski definition) is 2. The van der Waals surface area contributed by atoms with Crippen molar-refractivity contribution in [2.24, 2.45) is 0 Å². The Bertz CT molecular complexity index is 602. The summed E-state index contributed by atoms with van der Waals surface area (Å²) in [5.74, 6) is 0.885. The van der Waals surface area contributed by atoms with Gasteiger partial charge in [-0.2, -0.15) is 0 Å². The first-order valence-electron chi connectivity index (χ1n) is 8.17. The van der Waals surface area contributed by atoms with Crippen molar-refractivity contribution in [2.75, 3.05) is 19.8 Å². The van der Waals surface area contributed by atoms with Gasteiger partial charge < -0.3 is 20.1 Å². The number of nitrogens with one attached hydrogen (secondary N) is 2. The highest BCUT2D eigenvalue weighted by Gasteiger charge is 2.23. The van der Waals surface area contributed by atoms with Gasteiger partial charge in [-0.3, -0.25) is 9.59 Å². The molecule has 1 aromatic carbocycles. The van der Waals surface area contributed by atoms with E-state index in [4.69, 9.17) is 9.47 Å². The minimum absolute atomic E-state index is 0.00228. The van der Waals surface area contributed by atoms with Crippen LogP contribution in [0.25, 0.3) is 0 Å². The zero-order chi connectivity index (χ0) is 17.5. The van der Waals surface area contributed by atoms with Crippen molar-refractivity contribution in [1.29, 1.82) is 0 Å². The van der Waals surface area contributed by atoms with Crippen molar-refractivity contribution >= 4 is 27.7 Å². The molecule has 1 aliphatic rings. The van der Waals surface area contributed by atoms with Crippen LogP contribution in [0.15, 0.2) is 16.6 Å². The fourth-order valence-corrected chi connectivity index (χ4v) is 2.63. The maximum Gasteiger partial charge on any atom is 0.239 e. The molecule has 0 saturated heterocycles. The Balaban J connectivity index is 1.95. The minimum Gasteiger partial charge on any atom is -0.490 e. The highest BCUT2D eigenvalue weighted by atomic mass is 79.9. The number of ether oxygens (including phenoxy) is 2. The summed E-state index contributed by atoms with van der Waals surface area (Å²) in [4.78, 5) is 23.7. The monoisotopic (exact) mass is 398 g/mol. The number of halogens is 1. The molecule has 2 N–H and O–H groups in total. The Morgan fingerprint density at radius 1 is 1.12 bits per heavy atom. The average molecular weight is 399 g/mol. The van der Waals surface area contributed by atoms with Crippen molar-refractivity contribution in [3.63, 3.8) is 0 Å². The van der Waals surface area contributed by atoms with Crippen LogP contribution in [0.2, 0.25) is 0 Å². The summed E-state index contributed by atoms with van der Waals surface area (Å²) >= 11 is 3.46. The molecule has 0 aliphatic heterocycles. The summed E-state index contributed by atoms with van der Waals surface area (Å²) in [5, 5.41) is 5.47. The van der Waals surface area contributed by atoms with Crippen molar-refractivity contribution in [3.8, 4) is 11.5 Å². The highest BCUT2D eigenvalue weighted by Crippen LogP contribution is 2.34. The summed E-state index contributed by atoms with van der Waals surface area (Å²) in [7, 11) is 0. The first kappa shape index (κ1) is 18.6. The third kappa shape index (κ3) is 5.70. The summed E-state index contributed by atoms with van der Waals surface area (Å²) in [5.41, 5.74) is 0.780. The zero-order valence-electron chi connectivity index (χ0n) is 14.0. The molecule has 24 heavy (non-hydrogen) atoms. The summed E-state index contributed by atoms with van der Waals surface area (Å²) in [6, 6.07) is 3.89. The summed E-state index contributed by atoms with van der Waals surface area (Å²) in [6.07, 6.45) is 2.21. The Labute approximate surface area is 150 Å². The molecule has 0 bridgehead atoms. The van der Waals surface area contributed by atoms with E-state index in [0.717, 1.165) is 22.9 Å². The van der Waals surface area contributed by atoms with Gasteiger partial charge in [0.05, 0.1) is 26.2 Å². The summed E-state index contributed by atoms with van der Waals surface area (Å²) < 4.78 is 11.9. The van der Waals surface area contributed by atoms with Gasteiger partial charge in [0.25, 0.3) is 0 Å². The van der Waals surface area contributed by atoms with E-state index in [1.54, 1.807) is 12.1 Å². The van der Waals surface area contributed by atoms with Crippen LogP contribution in [0.5, 0.6) is 11.5 Å². The number of amides is 2. The Kier molecular flexibility index (Phi) is 6.90. The molecule has 0 heterocycles. The molecule has 0 unspecified atom stereocenters. The molecule has 2 rings (SSSR count). The smallest absolute Gasteiger partial charge is 0.239 e. The largest absolute Gasteiger partial charge is 0.490 e. The van der Waals surface area contributed by atoms with E-state index in [0.29, 0.717) is 30.8 Å². The number of rotatable bonds is 9. The van der Waals surface area contributed by atoms with Gasteiger partial charge >= 0.3 is 0 Å². The van der Waals surface area contributed by atoms with Crippen LogP contribution in [0, 0.1) is 0 Å². The second kappa shape index (κ2) is 8.92. The fraction of sp³-hybridized carbons (Fsp3) is 0.529. The lowest BCUT2D eigenvalue weighted by Gasteiger charge is -2.14. The zero-order valence-corrected chi connectivity index (χ0v) is 15.6. The van der Waals surface area contributed by atoms with Gasteiger partial charge in [-0.05, 0) is 44.4 Å². The predicted octanol–water partition coefficient (Wildman–Crippen LogP) is 2.18. The van der Waals surface area contributed by atoms with Crippen LogP contribution >= 0.6 is 15.9 Å². The second-order valence-electron chi connectivity index (χ2n) is 5.55. The van der Waals surface area contributed by atoms with E-state index in [-0.39, 0.29) is 24.8 Å². The molecule has 7 heteroatoms. The van der Waals surface area contributed by atoms with E-state index < -0.39 is 0 Å². The first-order chi connectivity index (χ1) is 11.5. The van der Waals surface area contributed by atoms with Crippen molar-refractivity contribution in [3.05, 3.63) is 22.2 Å². The van der Waals surface area contributed by atoms with Crippen molar-refractivity contribution in [2.45, 2.75) is 39.2 Å². The maximum absolute atomic E-state index is 12.1. The average Bonchev–Trinajstić information content (AvgIpc) is 3.34. The number of hydrogen-bond acceptors (Lipinski definition) is 4. The Morgan fingerprint density at radius 3 is 2.33 bits per heavy atom. The maximum atomic E-state index is 12.1. The van der Waals surface area contributed by atoms with Crippen molar-refractivity contribution in [1.82, 2.24) is 10.6 Å². The van der Waals surface area contributed by atoms with Gasteiger partial charge in [0.2, 0.25) is 11.8 Å². The van der Waals surface area contributed by atoms with Gasteiger partial charge in [0.15, 0.2) is 11.5 Å². The predicted molar refractivity (Wildman–Crippen MR) is 94.4 cm³/mol. The quantitative estimate of drug-likeness (QED) is 0.668. The van der Waals surface area contributed by atoms with Crippen LogP contribution < -0.4 is 20.1 Å². The molecule has 132 valence electrons. The van der Waals surface area contributed by atoms with Gasteiger partial charge in [-0.25, -0.2) is 0 Å². The molecule has 1 fully saturated rings. The van der Waals surface area contributed by atoms with Crippen LogP contribution in [0.3, 0.4) is 0 Å². The molecule has 0 atom stereocenters. The van der Waals surface area contributed by atoms with Gasteiger partial charge in [-0.15, -0.1) is 0 Å². The van der Waals surface area contributed by atoms with E-state index in [1.165, 1.54) is 0 Å². The molecular weight excluding hydrogens is 376 g/mol. The minimum atomic E-state index is -0.215. The molecule has 1 saturated carbocycles. The normalized spacial score (nSPS) is 13.3. The van der Waals surface area contributed by atoms with E-state index >= 15 is 0 Å². The van der Waals surface area contributed by atoms with Crippen molar-refractivity contribution < 1.29 is 19.1 Å². The molecule has 0 aromatic heterocycles. The van der Waals surface area contributed by atoms with E-state index in [1.807, 2.05) is 13.8 Å². The molecule has 0 radical (unpaired) electrons. The van der Waals surface area contributed by atoms with Crippen LogP contribution in [0.4, 0.5) is 0 Å². The first-order valence-corrected chi connectivity index (χ1v) is 8.96.